The molecule has 0 radical (unpaired) electrons. The number of morpholine rings is 1. The lowest BCUT2D eigenvalue weighted by atomic mass is 10.0. The van der Waals surface area contributed by atoms with Crippen molar-refractivity contribution in [1.82, 2.24) is 20.2 Å². The van der Waals surface area contributed by atoms with Crippen molar-refractivity contribution >= 4 is 23.4 Å². The van der Waals surface area contributed by atoms with Gasteiger partial charge < -0.3 is 15.0 Å². The third-order valence-corrected chi connectivity index (χ3v) is 4.82. The van der Waals surface area contributed by atoms with Gasteiger partial charge in [-0.25, -0.2) is 18.7 Å². The number of hydrogen-bond acceptors (Lipinski definition) is 5. The van der Waals surface area contributed by atoms with E-state index in [1.54, 1.807) is 0 Å². The van der Waals surface area contributed by atoms with Crippen LogP contribution in [0, 0.1) is 5.95 Å². The van der Waals surface area contributed by atoms with Crippen LogP contribution in [0.3, 0.4) is 0 Å². The van der Waals surface area contributed by atoms with E-state index in [1.165, 1.54) is 30.1 Å². The van der Waals surface area contributed by atoms with Crippen LogP contribution in [-0.2, 0) is 9.53 Å². The largest absolute Gasteiger partial charge is 0.361 e. The number of rotatable bonds is 5. The van der Waals surface area contributed by atoms with Gasteiger partial charge in [-0.05, 0) is 29.8 Å². The van der Waals surface area contributed by atoms with Gasteiger partial charge in [-0.3, -0.25) is 9.59 Å². The van der Waals surface area contributed by atoms with Crippen LogP contribution in [0.5, 0.6) is 0 Å². The van der Waals surface area contributed by atoms with Gasteiger partial charge in [0, 0.05) is 18.7 Å². The second kappa shape index (κ2) is 11.8. The Morgan fingerprint density at radius 1 is 1.24 bits per heavy atom. The number of alkyl halides is 2. The first-order chi connectivity index (χ1) is 15.7. The molecule has 1 N–H and O–H groups in total. The zero-order valence-electron chi connectivity index (χ0n) is 18.3. The van der Waals surface area contributed by atoms with E-state index >= 15 is 0 Å². The SMILES string of the molecule is C=CC(=O)N1CC(c2cc(Cl)nc(-c3cc(F)nc(C(=O)NC)c3)c2)OC(C(F)F)C1.CC. The fraction of sp³-hybridized carbons (Fsp3) is 0.364. The summed E-state index contributed by atoms with van der Waals surface area (Å²) < 4.78 is 46.2. The van der Waals surface area contributed by atoms with Crippen LogP contribution in [-0.4, -0.2) is 59.3 Å². The van der Waals surface area contributed by atoms with Crippen LogP contribution in [0.2, 0.25) is 5.15 Å². The predicted molar refractivity (Wildman–Crippen MR) is 118 cm³/mol. The number of nitrogens with one attached hydrogen (secondary N) is 1. The number of halogens is 4. The van der Waals surface area contributed by atoms with E-state index in [-0.39, 0.29) is 35.2 Å². The molecule has 0 aromatic carbocycles. The summed E-state index contributed by atoms with van der Waals surface area (Å²) in [5.41, 5.74) is 0.574. The Kier molecular flexibility index (Phi) is 9.36. The number of pyridine rings is 2. The van der Waals surface area contributed by atoms with E-state index in [0.717, 1.165) is 12.1 Å². The summed E-state index contributed by atoms with van der Waals surface area (Å²) in [5, 5.41) is 2.34. The van der Waals surface area contributed by atoms with Crippen molar-refractivity contribution in [1.29, 1.82) is 0 Å². The lowest BCUT2D eigenvalue weighted by Crippen LogP contribution is -2.48. The molecule has 3 rings (SSSR count). The van der Waals surface area contributed by atoms with E-state index < -0.39 is 36.4 Å². The number of ether oxygens (including phenoxy) is 1. The molecule has 1 aliphatic heterocycles. The lowest BCUT2D eigenvalue weighted by molar-refractivity contribution is -0.159. The van der Waals surface area contributed by atoms with Crippen LogP contribution in [0.1, 0.15) is 36.0 Å². The first kappa shape index (κ1) is 26.3. The zero-order valence-corrected chi connectivity index (χ0v) is 19.1. The highest BCUT2D eigenvalue weighted by Gasteiger charge is 2.36. The molecule has 2 aromatic heterocycles. The van der Waals surface area contributed by atoms with Crippen molar-refractivity contribution in [2.24, 2.45) is 0 Å². The van der Waals surface area contributed by atoms with Gasteiger partial charge in [0.15, 0.2) is 0 Å². The Labute approximate surface area is 194 Å². The first-order valence-electron chi connectivity index (χ1n) is 10.1. The van der Waals surface area contributed by atoms with Gasteiger partial charge in [0.2, 0.25) is 11.9 Å². The number of amides is 2. The molecule has 0 aliphatic carbocycles. The molecule has 0 spiro atoms. The second-order valence-corrected chi connectivity index (χ2v) is 7.08. The summed E-state index contributed by atoms with van der Waals surface area (Å²) in [6.07, 6.45) is -4.21. The molecule has 11 heteroatoms. The fourth-order valence-corrected chi connectivity index (χ4v) is 3.38. The number of nitrogens with zero attached hydrogens (tertiary/aromatic N) is 3. The molecular formula is C22H24ClF3N4O3. The number of hydrogen-bond donors (Lipinski definition) is 1. The van der Waals surface area contributed by atoms with E-state index in [2.05, 4.69) is 21.9 Å². The lowest BCUT2D eigenvalue weighted by Gasteiger charge is -2.37. The monoisotopic (exact) mass is 484 g/mol. The fourth-order valence-electron chi connectivity index (χ4n) is 3.16. The van der Waals surface area contributed by atoms with Gasteiger partial charge in [0.05, 0.1) is 18.8 Å². The summed E-state index contributed by atoms with van der Waals surface area (Å²) >= 11 is 6.11. The maximum Gasteiger partial charge on any atom is 0.269 e. The highest BCUT2D eigenvalue weighted by Crippen LogP contribution is 2.32. The van der Waals surface area contributed by atoms with E-state index in [0.29, 0.717) is 5.56 Å². The van der Waals surface area contributed by atoms with Crippen LogP contribution in [0.15, 0.2) is 36.9 Å². The minimum atomic E-state index is -2.82. The summed E-state index contributed by atoms with van der Waals surface area (Å²) in [6.45, 7) is 7.09. The van der Waals surface area contributed by atoms with Crippen molar-refractivity contribution < 1.29 is 27.5 Å². The first-order valence-corrected chi connectivity index (χ1v) is 10.5. The Hall–Kier alpha value is -2.98. The number of carbonyl (C=O) groups is 2. The minimum Gasteiger partial charge on any atom is -0.361 e. The Morgan fingerprint density at radius 3 is 2.55 bits per heavy atom. The molecule has 0 saturated carbocycles. The second-order valence-electron chi connectivity index (χ2n) is 6.70. The summed E-state index contributed by atoms with van der Waals surface area (Å²) in [5.74, 6) is -2.02. The van der Waals surface area contributed by atoms with E-state index in [4.69, 9.17) is 16.3 Å². The standard InChI is InChI=1S/C20H18ClF3N4O3.C2H6/c1-3-18(29)28-8-14(31-15(9-28)19(23)24)11-5-12(26-16(21)6-11)10-4-13(20(30)25-2)27-17(22)7-10;1-2/h3-7,14-15,19H,1,8-9H2,2H3,(H,25,30);1-2H3. The van der Waals surface area contributed by atoms with Crippen LogP contribution < -0.4 is 5.32 Å². The smallest absolute Gasteiger partial charge is 0.269 e. The summed E-state index contributed by atoms with van der Waals surface area (Å²) in [6, 6.07) is 5.27. The van der Waals surface area contributed by atoms with Gasteiger partial charge in [-0.1, -0.05) is 32.0 Å². The van der Waals surface area contributed by atoms with Crippen LogP contribution in [0.25, 0.3) is 11.3 Å². The Balaban J connectivity index is 0.00000187. The van der Waals surface area contributed by atoms with Crippen molar-refractivity contribution in [2.45, 2.75) is 32.5 Å². The molecule has 1 saturated heterocycles. The zero-order chi connectivity index (χ0) is 24.7. The molecule has 1 fully saturated rings. The van der Waals surface area contributed by atoms with Gasteiger partial charge >= 0.3 is 0 Å². The van der Waals surface area contributed by atoms with Gasteiger partial charge in [0.25, 0.3) is 12.3 Å². The van der Waals surface area contributed by atoms with Gasteiger partial charge in [-0.2, -0.15) is 4.39 Å². The van der Waals surface area contributed by atoms with Crippen molar-refractivity contribution in [2.75, 3.05) is 20.1 Å². The molecule has 33 heavy (non-hydrogen) atoms. The molecule has 1 aliphatic rings. The van der Waals surface area contributed by atoms with Crippen molar-refractivity contribution in [3.63, 3.8) is 0 Å². The minimum absolute atomic E-state index is 0.00409. The molecule has 2 aromatic rings. The predicted octanol–water partition coefficient (Wildman–Crippen LogP) is 4.04. The molecule has 7 nitrogen and oxygen atoms in total. The highest BCUT2D eigenvalue weighted by atomic mass is 35.5. The third kappa shape index (κ3) is 6.52. The average molecular weight is 485 g/mol. The van der Waals surface area contributed by atoms with Gasteiger partial charge in [0.1, 0.15) is 23.1 Å². The number of aromatic nitrogens is 2. The normalized spacial score (nSPS) is 17.8. The topological polar surface area (TPSA) is 84.4 Å². The molecule has 178 valence electrons. The third-order valence-electron chi connectivity index (χ3n) is 4.63. The molecule has 3 heterocycles. The van der Waals surface area contributed by atoms with Crippen molar-refractivity contribution in [3.05, 3.63) is 59.3 Å². The van der Waals surface area contributed by atoms with E-state index in [1.807, 2.05) is 13.8 Å². The maximum atomic E-state index is 14.0. The molecule has 2 amide bonds. The molecular weight excluding hydrogens is 461 g/mol. The van der Waals surface area contributed by atoms with Crippen LogP contribution >= 0.6 is 11.6 Å². The summed E-state index contributed by atoms with van der Waals surface area (Å²) in [4.78, 5) is 32.7. The maximum absolute atomic E-state index is 14.0. The Morgan fingerprint density at radius 2 is 1.94 bits per heavy atom. The molecule has 0 bridgehead atoms. The quantitative estimate of drug-likeness (QED) is 0.511. The van der Waals surface area contributed by atoms with Gasteiger partial charge in [-0.15, -0.1) is 0 Å². The van der Waals surface area contributed by atoms with Crippen LogP contribution in [0.4, 0.5) is 13.2 Å². The van der Waals surface area contributed by atoms with E-state index in [9.17, 15) is 22.8 Å². The average Bonchev–Trinajstić information content (AvgIpc) is 2.83. The molecule has 2 unspecified atom stereocenters. The molecule has 2 atom stereocenters. The highest BCUT2D eigenvalue weighted by molar-refractivity contribution is 6.29. The van der Waals surface area contributed by atoms with Crippen molar-refractivity contribution in [3.8, 4) is 11.3 Å². The number of carbonyl (C=O) groups excluding carboxylic acids is 2. The summed E-state index contributed by atoms with van der Waals surface area (Å²) in [7, 11) is 1.38. The Bertz CT molecular complexity index is 1020.